The molecule has 1 aromatic heterocycles. The SMILES string of the molecule is Cc1nc(CC2CCNC2)sc1C(C)(F)F. The molecule has 0 spiro atoms. The second-order valence-corrected chi connectivity index (χ2v) is 5.56. The van der Waals surface area contributed by atoms with Crippen molar-refractivity contribution >= 4 is 11.3 Å². The zero-order valence-electron chi connectivity index (χ0n) is 9.52. The fourth-order valence-electron chi connectivity index (χ4n) is 2.08. The minimum absolute atomic E-state index is 0.119. The molecular formula is C11H16F2N2S. The fourth-order valence-corrected chi connectivity index (χ4v) is 3.19. The molecule has 1 aromatic rings. The van der Waals surface area contributed by atoms with Gasteiger partial charge >= 0.3 is 0 Å². The lowest BCUT2D eigenvalue weighted by Crippen LogP contribution is -2.10. The Bertz CT molecular complexity index is 365. The van der Waals surface area contributed by atoms with Crippen LogP contribution < -0.4 is 5.32 Å². The van der Waals surface area contributed by atoms with Gasteiger partial charge in [-0.25, -0.2) is 13.8 Å². The smallest absolute Gasteiger partial charge is 0.281 e. The minimum atomic E-state index is -2.76. The number of nitrogens with zero attached hydrogens (tertiary/aromatic N) is 1. The van der Waals surface area contributed by atoms with Gasteiger partial charge in [-0.2, -0.15) is 0 Å². The maximum atomic E-state index is 13.2. The van der Waals surface area contributed by atoms with E-state index in [1.807, 2.05) is 0 Å². The van der Waals surface area contributed by atoms with Crippen LogP contribution >= 0.6 is 11.3 Å². The topological polar surface area (TPSA) is 24.9 Å². The van der Waals surface area contributed by atoms with Gasteiger partial charge in [-0.15, -0.1) is 11.3 Å². The summed E-state index contributed by atoms with van der Waals surface area (Å²) in [5, 5.41) is 4.12. The van der Waals surface area contributed by atoms with Crippen molar-refractivity contribution in [3.8, 4) is 0 Å². The molecule has 90 valence electrons. The molecular weight excluding hydrogens is 230 g/mol. The number of aryl methyl sites for hydroxylation is 1. The van der Waals surface area contributed by atoms with Gasteiger partial charge < -0.3 is 5.32 Å². The van der Waals surface area contributed by atoms with Crippen LogP contribution in [0.2, 0.25) is 0 Å². The maximum Gasteiger partial charge on any atom is 0.281 e. The zero-order chi connectivity index (χ0) is 11.8. The van der Waals surface area contributed by atoms with Gasteiger partial charge in [-0.05, 0) is 32.4 Å². The molecule has 16 heavy (non-hydrogen) atoms. The lowest BCUT2D eigenvalue weighted by molar-refractivity contribution is 0.0206. The summed E-state index contributed by atoms with van der Waals surface area (Å²) < 4.78 is 26.4. The number of hydrogen-bond acceptors (Lipinski definition) is 3. The van der Waals surface area contributed by atoms with Crippen molar-refractivity contribution in [2.24, 2.45) is 5.92 Å². The van der Waals surface area contributed by atoms with Crippen molar-refractivity contribution in [3.05, 3.63) is 15.6 Å². The first-order valence-corrected chi connectivity index (χ1v) is 6.34. The predicted molar refractivity (Wildman–Crippen MR) is 61.1 cm³/mol. The number of thiazole rings is 1. The summed E-state index contributed by atoms with van der Waals surface area (Å²) in [6.07, 6.45) is 1.95. The molecule has 0 saturated carbocycles. The maximum absolute atomic E-state index is 13.2. The largest absolute Gasteiger partial charge is 0.316 e. The van der Waals surface area contributed by atoms with Crippen LogP contribution in [0.1, 0.15) is 28.9 Å². The summed E-state index contributed by atoms with van der Waals surface area (Å²) in [6, 6.07) is 0. The van der Waals surface area contributed by atoms with Gasteiger partial charge in [0, 0.05) is 13.3 Å². The molecule has 2 rings (SSSR count). The molecule has 1 unspecified atom stereocenters. The second kappa shape index (κ2) is 4.37. The molecule has 0 aliphatic carbocycles. The van der Waals surface area contributed by atoms with Crippen molar-refractivity contribution in [2.45, 2.75) is 32.6 Å². The first kappa shape index (κ1) is 11.9. The number of alkyl halides is 2. The first-order chi connectivity index (χ1) is 7.47. The Kier molecular flexibility index (Phi) is 3.26. The van der Waals surface area contributed by atoms with Crippen molar-refractivity contribution in [1.29, 1.82) is 0 Å². The van der Waals surface area contributed by atoms with E-state index in [2.05, 4.69) is 10.3 Å². The summed E-state index contributed by atoms with van der Waals surface area (Å²) >= 11 is 1.16. The van der Waals surface area contributed by atoms with Gasteiger partial charge in [0.2, 0.25) is 0 Å². The zero-order valence-corrected chi connectivity index (χ0v) is 10.3. The second-order valence-electron chi connectivity index (χ2n) is 4.47. The molecule has 1 saturated heterocycles. The standard InChI is InChI=1S/C11H16F2N2S/c1-7-10(11(2,12)13)16-9(15-7)5-8-3-4-14-6-8/h8,14H,3-6H2,1-2H3. The van der Waals surface area contributed by atoms with E-state index in [-0.39, 0.29) is 4.88 Å². The van der Waals surface area contributed by atoms with Crippen LogP contribution in [0.3, 0.4) is 0 Å². The van der Waals surface area contributed by atoms with E-state index in [1.165, 1.54) is 0 Å². The van der Waals surface area contributed by atoms with Crippen molar-refractivity contribution < 1.29 is 8.78 Å². The highest BCUT2D eigenvalue weighted by molar-refractivity contribution is 7.11. The summed E-state index contributed by atoms with van der Waals surface area (Å²) in [5.74, 6) is -2.20. The molecule has 1 fully saturated rings. The molecule has 0 bridgehead atoms. The van der Waals surface area contributed by atoms with Crippen LogP contribution in [0.25, 0.3) is 0 Å². The van der Waals surface area contributed by atoms with Crippen LogP contribution in [-0.2, 0) is 12.3 Å². The number of halogens is 2. The quantitative estimate of drug-likeness (QED) is 0.887. The Hall–Kier alpha value is -0.550. The van der Waals surface area contributed by atoms with Crippen LogP contribution in [0.4, 0.5) is 8.78 Å². The average Bonchev–Trinajstić information content (AvgIpc) is 2.74. The number of rotatable bonds is 3. The van der Waals surface area contributed by atoms with E-state index in [0.717, 1.165) is 49.2 Å². The molecule has 0 aromatic carbocycles. The number of nitrogens with one attached hydrogen (secondary N) is 1. The van der Waals surface area contributed by atoms with Gasteiger partial charge in [0.25, 0.3) is 5.92 Å². The Morgan fingerprint density at radius 2 is 2.31 bits per heavy atom. The molecule has 5 heteroatoms. The summed E-state index contributed by atoms with van der Waals surface area (Å²) in [4.78, 5) is 4.37. The minimum Gasteiger partial charge on any atom is -0.316 e. The van der Waals surface area contributed by atoms with Crippen molar-refractivity contribution in [2.75, 3.05) is 13.1 Å². The molecule has 0 radical (unpaired) electrons. The molecule has 2 nitrogen and oxygen atoms in total. The van der Waals surface area contributed by atoms with Crippen LogP contribution in [-0.4, -0.2) is 18.1 Å². The highest BCUT2D eigenvalue weighted by Gasteiger charge is 2.30. The lowest BCUT2D eigenvalue weighted by Gasteiger charge is -2.07. The molecule has 0 amide bonds. The number of aromatic nitrogens is 1. The normalized spacial score (nSPS) is 21.6. The fraction of sp³-hybridized carbons (Fsp3) is 0.727. The molecule has 1 N–H and O–H groups in total. The van der Waals surface area contributed by atoms with Crippen molar-refractivity contribution in [1.82, 2.24) is 10.3 Å². The van der Waals surface area contributed by atoms with Crippen LogP contribution in [0.15, 0.2) is 0 Å². The highest BCUT2D eigenvalue weighted by Crippen LogP contribution is 2.35. The van der Waals surface area contributed by atoms with Gasteiger partial charge in [0.15, 0.2) is 0 Å². The van der Waals surface area contributed by atoms with Gasteiger partial charge in [0.1, 0.15) is 0 Å². The van der Waals surface area contributed by atoms with Crippen LogP contribution in [0.5, 0.6) is 0 Å². The van der Waals surface area contributed by atoms with Gasteiger partial charge in [0.05, 0.1) is 15.6 Å². The molecule has 1 aliphatic rings. The third-order valence-electron chi connectivity index (χ3n) is 2.87. The Balaban J connectivity index is 2.11. The summed E-state index contributed by atoms with van der Waals surface area (Å²) in [5.41, 5.74) is 0.485. The predicted octanol–water partition coefficient (Wildman–Crippen LogP) is 2.72. The Labute approximate surface area is 98.1 Å². The van der Waals surface area contributed by atoms with Gasteiger partial charge in [-0.1, -0.05) is 0 Å². The van der Waals surface area contributed by atoms with Crippen LogP contribution in [0, 0.1) is 12.8 Å². The third kappa shape index (κ3) is 2.58. The lowest BCUT2D eigenvalue weighted by atomic mass is 10.1. The monoisotopic (exact) mass is 246 g/mol. The molecule has 1 aliphatic heterocycles. The molecule has 2 heterocycles. The number of hydrogen-bond donors (Lipinski definition) is 1. The summed E-state index contributed by atoms with van der Waals surface area (Å²) in [6.45, 7) is 4.62. The third-order valence-corrected chi connectivity index (χ3v) is 4.22. The highest BCUT2D eigenvalue weighted by atomic mass is 32.1. The van der Waals surface area contributed by atoms with Gasteiger partial charge in [-0.3, -0.25) is 0 Å². The van der Waals surface area contributed by atoms with E-state index < -0.39 is 5.92 Å². The Morgan fingerprint density at radius 3 is 2.81 bits per heavy atom. The van der Waals surface area contributed by atoms with E-state index >= 15 is 0 Å². The molecule has 1 atom stereocenters. The van der Waals surface area contributed by atoms with E-state index in [1.54, 1.807) is 6.92 Å². The van der Waals surface area contributed by atoms with E-state index in [9.17, 15) is 8.78 Å². The first-order valence-electron chi connectivity index (χ1n) is 5.52. The Morgan fingerprint density at radius 1 is 1.56 bits per heavy atom. The summed E-state index contributed by atoms with van der Waals surface area (Å²) in [7, 11) is 0. The average molecular weight is 246 g/mol. The van der Waals surface area contributed by atoms with Crippen molar-refractivity contribution in [3.63, 3.8) is 0 Å². The van der Waals surface area contributed by atoms with E-state index in [0.29, 0.717) is 11.6 Å². The van der Waals surface area contributed by atoms with E-state index in [4.69, 9.17) is 0 Å².